The first kappa shape index (κ1) is 24.0. The van der Waals surface area contributed by atoms with Gasteiger partial charge in [0.15, 0.2) is 0 Å². The van der Waals surface area contributed by atoms with Crippen molar-refractivity contribution in [2.45, 2.75) is 37.5 Å². The van der Waals surface area contributed by atoms with Crippen molar-refractivity contribution in [1.82, 2.24) is 14.6 Å². The Morgan fingerprint density at radius 2 is 1.91 bits per heavy atom. The van der Waals surface area contributed by atoms with E-state index in [1.165, 1.54) is 39.4 Å². The number of hydrogen-bond donors (Lipinski definition) is 1. The summed E-state index contributed by atoms with van der Waals surface area (Å²) in [7, 11) is 0.480. The van der Waals surface area contributed by atoms with Gasteiger partial charge in [-0.25, -0.2) is 17.7 Å². The molecule has 1 amide bonds. The quantitative estimate of drug-likeness (QED) is 0.670. The standard InChI is InChI=1S/C22H30N4O5S/c1-15-13-26(14-16(2)31-15)21-9-6-17(11-23-21)12-24-22(27)18-7-8-19(30-5)20(10-18)32(28,29)25(3)4/h6-11,15-16H,12-14H2,1-5H3,(H,24,27). The zero-order valence-corrected chi connectivity index (χ0v) is 19.8. The predicted molar refractivity (Wildman–Crippen MR) is 121 cm³/mol. The van der Waals surface area contributed by atoms with E-state index in [2.05, 4.69) is 15.2 Å². The van der Waals surface area contributed by atoms with Gasteiger partial charge in [-0.1, -0.05) is 6.07 Å². The van der Waals surface area contributed by atoms with E-state index in [0.29, 0.717) is 0 Å². The van der Waals surface area contributed by atoms with Crippen molar-refractivity contribution < 1.29 is 22.7 Å². The number of sulfonamides is 1. The van der Waals surface area contributed by atoms with E-state index in [1.807, 2.05) is 26.0 Å². The zero-order chi connectivity index (χ0) is 23.5. The number of aromatic nitrogens is 1. The largest absolute Gasteiger partial charge is 0.495 e. The highest BCUT2D eigenvalue weighted by molar-refractivity contribution is 7.89. The minimum absolute atomic E-state index is 0.0577. The summed E-state index contributed by atoms with van der Waals surface area (Å²) < 4.78 is 37.1. The number of benzene rings is 1. The van der Waals surface area contributed by atoms with Crippen molar-refractivity contribution in [3.05, 3.63) is 47.7 Å². The number of pyridine rings is 1. The van der Waals surface area contributed by atoms with Gasteiger partial charge in [0.1, 0.15) is 16.5 Å². The SMILES string of the molecule is COc1ccc(C(=O)NCc2ccc(N3CC(C)OC(C)C3)nc2)cc1S(=O)(=O)N(C)C. The third-order valence-corrected chi connectivity index (χ3v) is 7.03. The van der Waals surface area contributed by atoms with Gasteiger partial charge in [-0.15, -0.1) is 0 Å². The second kappa shape index (κ2) is 9.85. The predicted octanol–water partition coefficient (Wildman–Crippen LogP) is 1.88. The Labute approximate surface area is 189 Å². The normalized spacial score (nSPS) is 19.1. The van der Waals surface area contributed by atoms with Crippen LogP contribution < -0.4 is 15.0 Å². The van der Waals surface area contributed by atoms with Crippen molar-refractivity contribution in [1.29, 1.82) is 0 Å². The van der Waals surface area contributed by atoms with Crippen molar-refractivity contribution in [3.63, 3.8) is 0 Å². The molecule has 2 aromatic rings. The fourth-order valence-electron chi connectivity index (χ4n) is 3.57. The molecule has 32 heavy (non-hydrogen) atoms. The van der Waals surface area contributed by atoms with Gasteiger partial charge < -0.3 is 19.7 Å². The highest BCUT2D eigenvalue weighted by Crippen LogP contribution is 2.27. The molecule has 1 saturated heterocycles. The summed E-state index contributed by atoms with van der Waals surface area (Å²) in [5, 5.41) is 2.81. The lowest BCUT2D eigenvalue weighted by Gasteiger charge is -2.36. The van der Waals surface area contributed by atoms with Crippen LogP contribution in [0.1, 0.15) is 29.8 Å². The maximum absolute atomic E-state index is 12.7. The molecule has 0 aliphatic carbocycles. The molecule has 2 heterocycles. The van der Waals surface area contributed by atoms with Gasteiger partial charge in [-0.05, 0) is 43.7 Å². The van der Waals surface area contributed by atoms with Gasteiger partial charge in [0, 0.05) is 45.5 Å². The molecule has 1 aliphatic rings. The van der Waals surface area contributed by atoms with Crippen LogP contribution in [-0.4, -0.2) is 70.1 Å². The zero-order valence-electron chi connectivity index (χ0n) is 19.0. The van der Waals surface area contributed by atoms with Crippen LogP contribution in [0.25, 0.3) is 0 Å². The fourth-order valence-corrected chi connectivity index (χ4v) is 4.65. The van der Waals surface area contributed by atoms with Crippen molar-refractivity contribution in [2.24, 2.45) is 0 Å². The van der Waals surface area contributed by atoms with Crippen LogP contribution in [0.4, 0.5) is 5.82 Å². The number of morpholine rings is 1. The average molecular weight is 463 g/mol. The first-order chi connectivity index (χ1) is 15.1. The number of rotatable bonds is 7. The number of methoxy groups -OCH3 is 1. The monoisotopic (exact) mass is 462 g/mol. The van der Waals surface area contributed by atoms with Crippen molar-refractivity contribution >= 4 is 21.7 Å². The summed E-state index contributed by atoms with van der Waals surface area (Å²) in [5.41, 5.74) is 1.07. The van der Waals surface area contributed by atoms with Crippen molar-refractivity contribution in [3.8, 4) is 5.75 Å². The molecular formula is C22H30N4O5S. The number of nitrogens with zero attached hydrogens (tertiary/aromatic N) is 3. The minimum Gasteiger partial charge on any atom is -0.495 e. The van der Waals surface area contributed by atoms with Crippen LogP contribution in [0.3, 0.4) is 0 Å². The Kier molecular flexibility index (Phi) is 7.37. The van der Waals surface area contributed by atoms with Gasteiger partial charge in [-0.3, -0.25) is 4.79 Å². The second-order valence-corrected chi connectivity index (χ2v) is 10.1. The maximum atomic E-state index is 12.7. The van der Waals surface area contributed by atoms with E-state index in [1.54, 1.807) is 6.20 Å². The molecule has 0 bridgehead atoms. The van der Waals surface area contributed by atoms with Crippen LogP contribution in [-0.2, 0) is 21.3 Å². The van der Waals surface area contributed by atoms with Crippen LogP contribution >= 0.6 is 0 Å². The van der Waals surface area contributed by atoms with Gasteiger partial charge >= 0.3 is 0 Å². The Hall–Kier alpha value is -2.69. The van der Waals surface area contributed by atoms with Crippen LogP contribution in [0.2, 0.25) is 0 Å². The number of carbonyl (C=O) groups excluding carboxylic acids is 1. The van der Waals surface area contributed by atoms with E-state index < -0.39 is 10.0 Å². The van der Waals surface area contributed by atoms with Gasteiger partial charge in [0.25, 0.3) is 5.91 Å². The fraction of sp³-hybridized carbons (Fsp3) is 0.455. The third-order valence-electron chi connectivity index (χ3n) is 5.19. The molecular weight excluding hydrogens is 432 g/mol. The molecule has 0 saturated carbocycles. The Balaban J connectivity index is 1.68. The van der Waals surface area contributed by atoms with Crippen LogP contribution in [0.15, 0.2) is 41.4 Å². The maximum Gasteiger partial charge on any atom is 0.251 e. The molecule has 3 rings (SSSR count). The van der Waals surface area contributed by atoms with Crippen LogP contribution in [0.5, 0.6) is 5.75 Å². The van der Waals surface area contributed by atoms with Crippen molar-refractivity contribution in [2.75, 3.05) is 39.2 Å². The first-order valence-electron chi connectivity index (χ1n) is 10.4. The van der Waals surface area contributed by atoms with Gasteiger partial charge in [-0.2, -0.15) is 0 Å². The van der Waals surface area contributed by atoms with E-state index in [4.69, 9.17) is 9.47 Å². The summed E-state index contributed by atoms with van der Waals surface area (Å²) in [6.45, 7) is 5.91. The van der Waals surface area contributed by atoms with E-state index >= 15 is 0 Å². The molecule has 2 atom stereocenters. The third kappa shape index (κ3) is 5.37. The minimum atomic E-state index is -3.76. The smallest absolute Gasteiger partial charge is 0.251 e. The number of carbonyl (C=O) groups is 1. The summed E-state index contributed by atoms with van der Waals surface area (Å²) in [5.74, 6) is 0.667. The molecule has 10 heteroatoms. The van der Waals surface area contributed by atoms with E-state index in [0.717, 1.165) is 28.8 Å². The lowest BCUT2D eigenvalue weighted by atomic mass is 10.2. The molecule has 174 valence electrons. The Bertz CT molecular complexity index is 1050. The number of hydrogen-bond acceptors (Lipinski definition) is 7. The summed E-state index contributed by atoms with van der Waals surface area (Å²) in [6, 6.07) is 8.19. The summed E-state index contributed by atoms with van der Waals surface area (Å²) in [6.07, 6.45) is 2.02. The lowest BCUT2D eigenvalue weighted by Crippen LogP contribution is -2.45. The highest BCUT2D eigenvalue weighted by atomic mass is 32.2. The van der Waals surface area contributed by atoms with Gasteiger partial charge in [0.2, 0.25) is 10.0 Å². The van der Waals surface area contributed by atoms with Crippen LogP contribution in [0, 0.1) is 0 Å². The van der Waals surface area contributed by atoms with Gasteiger partial charge in [0.05, 0.1) is 19.3 Å². The number of ether oxygens (including phenoxy) is 2. The van der Waals surface area contributed by atoms with E-state index in [9.17, 15) is 13.2 Å². The molecule has 0 radical (unpaired) electrons. The first-order valence-corrected chi connectivity index (χ1v) is 11.8. The lowest BCUT2D eigenvalue weighted by molar-refractivity contribution is -0.00546. The molecule has 2 unspecified atom stereocenters. The highest BCUT2D eigenvalue weighted by Gasteiger charge is 2.24. The topological polar surface area (TPSA) is 101 Å². The average Bonchev–Trinajstić information content (AvgIpc) is 2.76. The molecule has 0 spiro atoms. The molecule has 9 nitrogen and oxygen atoms in total. The molecule has 1 aliphatic heterocycles. The molecule has 1 N–H and O–H groups in total. The number of amides is 1. The molecule has 1 aromatic heterocycles. The Morgan fingerprint density at radius 1 is 1.22 bits per heavy atom. The summed E-state index contributed by atoms with van der Waals surface area (Å²) >= 11 is 0. The summed E-state index contributed by atoms with van der Waals surface area (Å²) in [4.78, 5) is 19.3. The second-order valence-electron chi connectivity index (χ2n) is 8.02. The van der Waals surface area contributed by atoms with E-state index in [-0.39, 0.29) is 40.9 Å². The molecule has 1 aromatic carbocycles. The Morgan fingerprint density at radius 3 is 2.47 bits per heavy atom. The molecule has 1 fully saturated rings. The number of nitrogens with one attached hydrogen (secondary N) is 1. The number of anilines is 1.